The minimum absolute atomic E-state index is 0.108. The SMILES string of the molecule is COC(C(=O)NCc1cc(Br)ccc1F)c1ccccc1. The van der Waals surface area contributed by atoms with Gasteiger partial charge in [-0.15, -0.1) is 0 Å². The topological polar surface area (TPSA) is 38.3 Å². The summed E-state index contributed by atoms with van der Waals surface area (Å²) in [6.07, 6.45) is -0.707. The molecule has 0 spiro atoms. The van der Waals surface area contributed by atoms with E-state index in [1.54, 1.807) is 12.1 Å². The number of benzene rings is 2. The van der Waals surface area contributed by atoms with E-state index in [1.807, 2.05) is 30.3 Å². The number of hydrogen-bond acceptors (Lipinski definition) is 2. The molecule has 5 heteroatoms. The Kier molecular flexibility index (Phi) is 5.47. The molecular formula is C16H15BrFNO2. The van der Waals surface area contributed by atoms with Crippen LogP contribution >= 0.6 is 15.9 Å². The molecule has 1 atom stereocenters. The molecule has 0 fully saturated rings. The summed E-state index contributed by atoms with van der Waals surface area (Å²) in [5.41, 5.74) is 1.17. The summed E-state index contributed by atoms with van der Waals surface area (Å²) in [5.74, 6) is -0.657. The van der Waals surface area contributed by atoms with E-state index in [0.717, 1.165) is 10.0 Å². The summed E-state index contributed by atoms with van der Waals surface area (Å²) in [7, 11) is 1.47. The lowest BCUT2D eigenvalue weighted by molar-refractivity contribution is -0.131. The molecule has 2 aromatic rings. The fourth-order valence-electron chi connectivity index (χ4n) is 1.98. The van der Waals surface area contributed by atoms with E-state index < -0.39 is 6.10 Å². The van der Waals surface area contributed by atoms with E-state index in [4.69, 9.17) is 4.74 Å². The zero-order valence-electron chi connectivity index (χ0n) is 11.5. The molecule has 0 saturated carbocycles. The number of carbonyl (C=O) groups excluding carboxylic acids is 1. The van der Waals surface area contributed by atoms with Crippen LogP contribution in [0.2, 0.25) is 0 Å². The predicted octanol–water partition coefficient (Wildman–Crippen LogP) is 3.59. The number of rotatable bonds is 5. The van der Waals surface area contributed by atoms with Gasteiger partial charge in [-0.3, -0.25) is 4.79 Å². The number of amides is 1. The molecule has 1 N–H and O–H groups in total. The first-order valence-electron chi connectivity index (χ1n) is 6.41. The van der Waals surface area contributed by atoms with E-state index in [-0.39, 0.29) is 18.3 Å². The Labute approximate surface area is 131 Å². The van der Waals surface area contributed by atoms with Crippen molar-refractivity contribution in [1.29, 1.82) is 0 Å². The van der Waals surface area contributed by atoms with Crippen LogP contribution in [-0.2, 0) is 16.1 Å². The molecule has 0 aromatic heterocycles. The van der Waals surface area contributed by atoms with E-state index in [1.165, 1.54) is 13.2 Å². The number of halogens is 2. The first-order valence-corrected chi connectivity index (χ1v) is 7.20. The molecule has 0 heterocycles. The van der Waals surface area contributed by atoms with Gasteiger partial charge in [0.05, 0.1) is 0 Å². The summed E-state index contributed by atoms with van der Waals surface area (Å²) < 4.78 is 19.6. The average molecular weight is 352 g/mol. The van der Waals surface area contributed by atoms with Gasteiger partial charge in [0.1, 0.15) is 5.82 Å². The number of hydrogen-bond donors (Lipinski definition) is 1. The van der Waals surface area contributed by atoms with Gasteiger partial charge in [0, 0.05) is 23.7 Å². The lowest BCUT2D eigenvalue weighted by Gasteiger charge is -2.16. The van der Waals surface area contributed by atoms with E-state index in [0.29, 0.717) is 5.56 Å². The normalized spacial score (nSPS) is 12.0. The highest BCUT2D eigenvalue weighted by Crippen LogP contribution is 2.18. The predicted molar refractivity (Wildman–Crippen MR) is 82.1 cm³/mol. The van der Waals surface area contributed by atoms with Crippen LogP contribution in [0.25, 0.3) is 0 Å². The van der Waals surface area contributed by atoms with Crippen molar-refractivity contribution >= 4 is 21.8 Å². The van der Waals surface area contributed by atoms with Crippen molar-refractivity contribution in [1.82, 2.24) is 5.32 Å². The molecule has 2 rings (SSSR count). The molecule has 2 aromatic carbocycles. The highest BCUT2D eigenvalue weighted by molar-refractivity contribution is 9.10. The molecule has 0 saturated heterocycles. The third kappa shape index (κ3) is 4.12. The molecule has 0 aliphatic rings. The van der Waals surface area contributed by atoms with Gasteiger partial charge in [0.25, 0.3) is 5.91 Å². The van der Waals surface area contributed by atoms with Crippen LogP contribution in [0.1, 0.15) is 17.2 Å². The quantitative estimate of drug-likeness (QED) is 0.893. The van der Waals surface area contributed by atoms with Crippen LogP contribution in [0.4, 0.5) is 4.39 Å². The second-order valence-corrected chi connectivity index (χ2v) is 5.40. The number of carbonyl (C=O) groups is 1. The maximum Gasteiger partial charge on any atom is 0.254 e. The number of nitrogens with one attached hydrogen (secondary N) is 1. The Bertz CT molecular complexity index is 619. The van der Waals surface area contributed by atoms with Gasteiger partial charge in [-0.1, -0.05) is 46.3 Å². The maximum atomic E-state index is 13.6. The van der Waals surface area contributed by atoms with Gasteiger partial charge in [0.15, 0.2) is 6.10 Å². The minimum atomic E-state index is -0.707. The first-order chi connectivity index (χ1) is 10.1. The summed E-state index contributed by atoms with van der Waals surface area (Å²) in [4.78, 5) is 12.2. The van der Waals surface area contributed by atoms with Crippen molar-refractivity contribution in [2.45, 2.75) is 12.6 Å². The van der Waals surface area contributed by atoms with Gasteiger partial charge in [0.2, 0.25) is 0 Å². The molecule has 1 unspecified atom stereocenters. The Balaban J connectivity index is 2.05. The minimum Gasteiger partial charge on any atom is -0.367 e. The third-order valence-electron chi connectivity index (χ3n) is 3.04. The smallest absolute Gasteiger partial charge is 0.254 e. The van der Waals surface area contributed by atoms with Crippen molar-refractivity contribution in [3.8, 4) is 0 Å². The Morgan fingerprint density at radius 1 is 1.29 bits per heavy atom. The fraction of sp³-hybridized carbons (Fsp3) is 0.188. The molecule has 0 aliphatic carbocycles. The van der Waals surface area contributed by atoms with Crippen LogP contribution in [-0.4, -0.2) is 13.0 Å². The van der Waals surface area contributed by atoms with Gasteiger partial charge >= 0.3 is 0 Å². The van der Waals surface area contributed by atoms with Gasteiger partial charge < -0.3 is 10.1 Å². The summed E-state index contributed by atoms with van der Waals surface area (Å²) in [6.45, 7) is 0.108. The Morgan fingerprint density at radius 3 is 2.67 bits per heavy atom. The molecule has 110 valence electrons. The van der Waals surface area contributed by atoms with Crippen molar-refractivity contribution in [3.05, 3.63) is 69.9 Å². The first kappa shape index (κ1) is 15.7. The third-order valence-corrected chi connectivity index (χ3v) is 3.53. The van der Waals surface area contributed by atoms with Crippen molar-refractivity contribution < 1.29 is 13.9 Å². The zero-order valence-corrected chi connectivity index (χ0v) is 13.1. The van der Waals surface area contributed by atoms with E-state index in [2.05, 4.69) is 21.2 Å². The molecule has 0 radical (unpaired) electrons. The van der Waals surface area contributed by atoms with Gasteiger partial charge in [-0.2, -0.15) is 0 Å². The Morgan fingerprint density at radius 2 is 2.00 bits per heavy atom. The second kappa shape index (κ2) is 7.33. The monoisotopic (exact) mass is 351 g/mol. The van der Waals surface area contributed by atoms with Crippen molar-refractivity contribution in [2.75, 3.05) is 7.11 Å². The largest absolute Gasteiger partial charge is 0.367 e. The highest BCUT2D eigenvalue weighted by Gasteiger charge is 2.19. The number of ether oxygens (including phenoxy) is 1. The van der Waals surface area contributed by atoms with Crippen LogP contribution in [0.15, 0.2) is 53.0 Å². The molecule has 0 aliphatic heterocycles. The van der Waals surface area contributed by atoms with Crippen molar-refractivity contribution in [2.24, 2.45) is 0 Å². The lowest BCUT2D eigenvalue weighted by atomic mass is 10.1. The standard InChI is InChI=1S/C16H15BrFNO2/c1-21-15(11-5-3-2-4-6-11)16(20)19-10-12-9-13(17)7-8-14(12)18/h2-9,15H,10H2,1H3,(H,19,20). The zero-order chi connectivity index (χ0) is 15.2. The molecule has 0 bridgehead atoms. The summed E-state index contributed by atoms with van der Waals surface area (Å²) in [6, 6.07) is 13.8. The van der Waals surface area contributed by atoms with Crippen molar-refractivity contribution in [3.63, 3.8) is 0 Å². The maximum absolute atomic E-state index is 13.6. The molecule has 1 amide bonds. The van der Waals surface area contributed by atoms with Gasteiger partial charge in [-0.25, -0.2) is 4.39 Å². The van der Waals surface area contributed by atoms with Crippen LogP contribution in [0, 0.1) is 5.82 Å². The Hall–Kier alpha value is -1.72. The second-order valence-electron chi connectivity index (χ2n) is 4.48. The van der Waals surface area contributed by atoms with E-state index in [9.17, 15) is 9.18 Å². The molecule has 3 nitrogen and oxygen atoms in total. The summed E-state index contributed by atoms with van der Waals surface area (Å²) in [5, 5.41) is 2.69. The average Bonchev–Trinajstić information content (AvgIpc) is 2.50. The molecular weight excluding hydrogens is 337 g/mol. The number of methoxy groups -OCH3 is 1. The fourth-order valence-corrected chi connectivity index (χ4v) is 2.38. The van der Waals surface area contributed by atoms with E-state index >= 15 is 0 Å². The molecule has 21 heavy (non-hydrogen) atoms. The van der Waals surface area contributed by atoms with Crippen LogP contribution in [0.5, 0.6) is 0 Å². The summed E-state index contributed by atoms with van der Waals surface area (Å²) >= 11 is 3.28. The van der Waals surface area contributed by atoms with Crippen LogP contribution < -0.4 is 5.32 Å². The lowest BCUT2D eigenvalue weighted by Crippen LogP contribution is -2.30. The van der Waals surface area contributed by atoms with Gasteiger partial charge in [-0.05, 0) is 23.8 Å². The van der Waals surface area contributed by atoms with Crippen LogP contribution in [0.3, 0.4) is 0 Å². The highest BCUT2D eigenvalue weighted by atomic mass is 79.9.